The van der Waals surface area contributed by atoms with Crippen LogP contribution in [0.15, 0.2) is 16.9 Å². The number of pyridine rings is 1. The van der Waals surface area contributed by atoms with Gasteiger partial charge in [-0.3, -0.25) is 39.9 Å². The maximum atomic E-state index is 11.8. The van der Waals surface area contributed by atoms with Crippen molar-refractivity contribution in [3.63, 3.8) is 0 Å². The van der Waals surface area contributed by atoms with Gasteiger partial charge in [0.15, 0.2) is 0 Å². The number of hydrogen-bond donors (Lipinski definition) is 2. The smallest absolute Gasteiger partial charge is 0.298 e. The van der Waals surface area contributed by atoms with Gasteiger partial charge in [0.05, 0.1) is 4.92 Å². The minimum absolute atomic E-state index is 0.397. The quantitative estimate of drug-likeness (QED) is 0.550. The van der Waals surface area contributed by atoms with Gasteiger partial charge in [-0.2, -0.15) is 0 Å². The average molecular weight is 268 g/mol. The molecule has 0 bridgehead atoms. The predicted octanol–water partition coefficient (Wildman–Crippen LogP) is -0.768. The van der Waals surface area contributed by atoms with Crippen molar-refractivity contribution in [1.82, 2.24) is 15.4 Å². The van der Waals surface area contributed by atoms with Crippen LogP contribution in [0.2, 0.25) is 0 Å². The summed E-state index contributed by atoms with van der Waals surface area (Å²) in [7, 11) is 0. The van der Waals surface area contributed by atoms with Crippen LogP contribution in [0.1, 0.15) is 12.6 Å². The number of rotatable bonds is 3. The van der Waals surface area contributed by atoms with Crippen molar-refractivity contribution in [3.05, 3.63) is 38.3 Å². The number of nitrogens with one attached hydrogen (secondary N) is 2. The van der Waals surface area contributed by atoms with Crippen LogP contribution in [0.25, 0.3) is 0 Å². The predicted molar refractivity (Wildman–Crippen MR) is 64.1 cm³/mol. The number of nitro groups is 1. The van der Waals surface area contributed by atoms with E-state index in [9.17, 15) is 24.5 Å². The number of aryl methyl sites for hydroxylation is 1. The van der Waals surface area contributed by atoms with Crippen LogP contribution in [0.5, 0.6) is 0 Å². The highest BCUT2D eigenvalue weighted by atomic mass is 16.6. The van der Waals surface area contributed by atoms with Gasteiger partial charge >= 0.3 is 11.2 Å². The van der Waals surface area contributed by atoms with E-state index in [1.54, 1.807) is 0 Å². The van der Waals surface area contributed by atoms with E-state index in [1.807, 2.05) is 0 Å². The number of aromatic nitrogens is 1. The molecule has 0 aliphatic carbocycles. The average Bonchev–Trinajstić information content (AvgIpc) is 2.31. The molecular formula is C10H12N4O5. The van der Waals surface area contributed by atoms with Crippen LogP contribution in [0.4, 0.5) is 5.69 Å². The maximum Gasteiger partial charge on any atom is 0.334 e. The van der Waals surface area contributed by atoms with Gasteiger partial charge in [-0.25, -0.2) is 0 Å². The molecule has 1 aromatic rings. The highest BCUT2D eigenvalue weighted by molar-refractivity contribution is 5.80. The molecule has 0 saturated heterocycles. The van der Waals surface area contributed by atoms with Gasteiger partial charge in [0.2, 0.25) is 5.91 Å². The molecule has 1 heterocycles. The summed E-state index contributed by atoms with van der Waals surface area (Å²) in [6.45, 7) is 2.31. The van der Waals surface area contributed by atoms with Gasteiger partial charge in [-0.05, 0) is 13.0 Å². The Morgan fingerprint density at radius 2 is 2.00 bits per heavy atom. The number of nitrogens with zero attached hydrogens (tertiary/aromatic N) is 2. The lowest BCUT2D eigenvalue weighted by molar-refractivity contribution is -0.386. The number of hydrogen-bond acceptors (Lipinski definition) is 5. The SMILES string of the molecule is CC(=O)NNC(=O)Cn1c(C)ccc([N+](=O)[O-])c1=O. The molecule has 0 unspecified atom stereocenters. The fraction of sp³-hybridized carbons (Fsp3) is 0.300. The summed E-state index contributed by atoms with van der Waals surface area (Å²) < 4.78 is 0.954. The first-order valence-electron chi connectivity index (χ1n) is 5.23. The summed E-state index contributed by atoms with van der Waals surface area (Å²) in [6, 6.07) is 2.45. The van der Waals surface area contributed by atoms with E-state index in [0.717, 1.165) is 10.6 Å². The highest BCUT2D eigenvalue weighted by Crippen LogP contribution is 2.05. The summed E-state index contributed by atoms with van der Waals surface area (Å²) in [5.74, 6) is -1.14. The normalized spacial score (nSPS) is 9.79. The van der Waals surface area contributed by atoms with E-state index in [1.165, 1.54) is 19.9 Å². The van der Waals surface area contributed by atoms with E-state index < -0.39 is 34.5 Å². The lowest BCUT2D eigenvalue weighted by Gasteiger charge is -2.09. The van der Waals surface area contributed by atoms with Gasteiger partial charge in [0, 0.05) is 18.7 Å². The number of hydrazine groups is 1. The van der Waals surface area contributed by atoms with E-state index >= 15 is 0 Å². The Morgan fingerprint density at radius 3 is 2.53 bits per heavy atom. The van der Waals surface area contributed by atoms with Crippen molar-refractivity contribution in [2.45, 2.75) is 20.4 Å². The van der Waals surface area contributed by atoms with Crippen molar-refractivity contribution < 1.29 is 14.5 Å². The van der Waals surface area contributed by atoms with Crippen LogP contribution in [0, 0.1) is 17.0 Å². The first-order valence-corrected chi connectivity index (χ1v) is 5.23. The molecule has 0 radical (unpaired) electrons. The molecule has 9 nitrogen and oxygen atoms in total. The van der Waals surface area contributed by atoms with E-state index in [4.69, 9.17) is 0 Å². The Kier molecular flexibility index (Phi) is 4.35. The Labute approximate surface area is 107 Å². The molecule has 19 heavy (non-hydrogen) atoms. The molecule has 0 aliphatic heterocycles. The fourth-order valence-electron chi connectivity index (χ4n) is 1.34. The molecule has 0 spiro atoms. The summed E-state index contributed by atoms with van der Waals surface area (Å²) in [5.41, 5.74) is 3.03. The first kappa shape index (κ1) is 14.4. The molecule has 1 rings (SSSR count). The third-order valence-corrected chi connectivity index (χ3v) is 2.25. The van der Waals surface area contributed by atoms with Crippen LogP contribution in [-0.2, 0) is 16.1 Å². The summed E-state index contributed by atoms with van der Waals surface area (Å²) in [5, 5.41) is 10.6. The van der Waals surface area contributed by atoms with Crippen molar-refractivity contribution in [3.8, 4) is 0 Å². The van der Waals surface area contributed by atoms with Crippen LogP contribution in [0.3, 0.4) is 0 Å². The van der Waals surface area contributed by atoms with Crippen molar-refractivity contribution in [2.24, 2.45) is 0 Å². The molecule has 2 N–H and O–H groups in total. The molecule has 9 heteroatoms. The lowest BCUT2D eigenvalue weighted by atomic mass is 10.3. The lowest BCUT2D eigenvalue weighted by Crippen LogP contribution is -2.43. The molecule has 0 aliphatic rings. The maximum absolute atomic E-state index is 11.8. The third-order valence-electron chi connectivity index (χ3n) is 2.25. The van der Waals surface area contributed by atoms with Crippen molar-refractivity contribution in [1.29, 1.82) is 0 Å². The zero-order valence-corrected chi connectivity index (χ0v) is 10.3. The minimum Gasteiger partial charge on any atom is -0.298 e. The molecule has 1 aromatic heterocycles. The Bertz CT molecular complexity index is 592. The van der Waals surface area contributed by atoms with Gasteiger partial charge in [-0.15, -0.1) is 0 Å². The van der Waals surface area contributed by atoms with Crippen LogP contribution >= 0.6 is 0 Å². The topological polar surface area (TPSA) is 123 Å². The molecule has 0 aromatic carbocycles. The first-order chi connectivity index (χ1) is 8.82. The highest BCUT2D eigenvalue weighted by Gasteiger charge is 2.17. The Morgan fingerprint density at radius 1 is 1.37 bits per heavy atom. The van der Waals surface area contributed by atoms with Gasteiger partial charge in [0.1, 0.15) is 6.54 Å². The summed E-state index contributed by atoms with van der Waals surface area (Å²) >= 11 is 0. The monoisotopic (exact) mass is 268 g/mol. The molecule has 0 fully saturated rings. The number of carbonyl (C=O) groups excluding carboxylic acids is 2. The summed E-state index contributed by atoms with van der Waals surface area (Å²) in [4.78, 5) is 43.6. The minimum atomic E-state index is -0.872. The Balaban J connectivity index is 2.98. The van der Waals surface area contributed by atoms with Gasteiger partial charge < -0.3 is 0 Å². The molecule has 0 atom stereocenters. The van der Waals surface area contributed by atoms with E-state index in [-0.39, 0.29) is 0 Å². The second-order valence-electron chi connectivity index (χ2n) is 3.74. The zero-order chi connectivity index (χ0) is 14.6. The zero-order valence-electron chi connectivity index (χ0n) is 10.3. The number of amides is 2. The second kappa shape index (κ2) is 5.76. The largest absolute Gasteiger partial charge is 0.334 e. The standard InChI is InChI=1S/C10H12N4O5/c1-6-3-4-8(14(18)19)10(17)13(6)5-9(16)12-11-7(2)15/h3-4H,5H2,1-2H3,(H,11,15)(H,12,16). The molecule has 102 valence electrons. The van der Waals surface area contributed by atoms with Gasteiger partial charge in [0.25, 0.3) is 5.91 Å². The van der Waals surface area contributed by atoms with E-state index in [2.05, 4.69) is 10.9 Å². The van der Waals surface area contributed by atoms with Crippen LogP contribution < -0.4 is 16.4 Å². The fourth-order valence-corrected chi connectivity index (χ4v) is 1.34. The second-order valence-corrected chi connectivity index (χ2v) is 3.74. The third kappa shape index (κ3) is 3.63. The van der Waals surface area contributed by atoms with Crippen LogP contribution in [-0.4, -0.2) is 21.3 Å². The molecule has 2 amide bonds. The number of carbonyl (C=O) groups is 2. The molecule has 0 saturated carbocycles. The van der Waals surface area contributed by atoms with E-state index in [0.29, 0.717) is 5.69 Å². The molecular weight excluding hydrogens is 256 g/mol. The summed E-state index contributed by atoms with van der Waals surface area (Å²) in [6.07, 6.45) is 0. The van der Waals surface area contributed by atoms with Crippen molar-refractivity contribution in [2.75, 3.05) is 0 Å². The van der Waals surface area contributed by atoms with Gasteiger partial charge in [-0.1, -0.05) is 0 Å². The van der Waals surface area contributed by atoms with Crippen molar-refractivity contribution >= 4 is 17.5 Å². The Hall–Kier alpha value is -2.71.